The summed E-state index contributed by atoms with van der Waals surface area (Å²) in [5.74, 6) is -20.8. The minimum atomic E-state index is -2.18. The summed E-state index contributed by atoms with van der Waals surface area (Å²) in [6.07, 6.45) is -4.68. The summed E-state index contributed by atoms with van der Waals surface area (Å²) in [6, 6.07) is -2.90. The van der Waals surface area contributed by atoms with E-state index in [1.165, 1.54) is 38.1 Å². The van der Waals surface area contributed by atoms with E-state index in [2.05, 4.69) is 37.2 Å². The fourth-order valence-electron chi connectivity index (χ4n) is 8.29. The zero-order valence-electron chi connectivity index (χ0n) is 49.4. The second kappa shape index (κ2) is 38.1. The number of primary amides is 3. The standard InChI is InChI=1S/C55H79N15O20/c1-26(2)45(54(88)69-38(55(89)90)24-44(78)79)70-42(75)25-61-48(82)35(21-40(59)73)67-53(87)37(23-43(76)77)68-52(86)36(22-41(60)74)65-46(80)27(3)62-51(85)34(20-29-12-14-30(71)15-13-29)66-50(84)33(16-17-39(58)72)64-49(83)32(11-7-8-18-56)63-47(81)31(57)19-28-9-5-4-6-10-28/h4-6,9-10,12-15,26-27,31-38,45,71H,7-8,11,16-25,56-57H2,1-3H3,(H2,58,72)(H2,59,73)(H2,60,74)(H,61,82)(H,62,85)(H,63,81)(H,64,83)(H,65,80)(H,66,84)(H,67,87)(H,68,86)(H,69,88)(H,70,75)(H,76,77)(H,78,79)(H,89,90)/t27-,31-,32-,33-,34-,35-,36-,37-,38-,45-/m0/s1. The van der Waals surface area contributed by atoms with Gasteiger partial charge in [0.25, 0.3) is 0 Å². The maximum atomic E-state index is 14.2. The molecule has 0 aromatic heterocycles. The van der Waals surface area contributed by atoms with E-state index in [-0.39, 0.29) is 31.6 Å². The molecule has 0 aliphatic carbocycles. The molecule has 0 heterocycles. The van der Waals surface area contributed by atoms with Crippen LogP contribution >= 0.6 is 0 Å². The number of rotatable bonds is 41. The molecule has 2 rings (SSSR count). The van der Waals surface area contributed by atoms with Gasteiger partial charge in [-0.3, -0.25) is 71.9 Å². The Morgan fingerprint density at radius 2 is 0.889 bits per heavy atom. The van der Waals surface area contributed by atoms with Gasteiger partial charge in [0.2, 0.25) is 76.8 Å². The highest BCUT2D eigenvalue weighted by Gasteiger charge is 2.36. The molecule has 24 N–H and O–H groups in total. The molecule has 0 saturated carbocycles. The number of phenols is 1. The number of aromatic hydroxyl groups is 1. The third kappa shape index (κ3) is 28.5. The molecule has 2 aromatic carbocycles. The highest BCUT2D eigenvalue weighted by atomic mass is 16.4. The van der Waals surface area contributed by atoms with Crippen LogP contribution < -0.4 is 81.8 Å². The Bertz CT molecular complexity index is 2910. The second-order valence-corrected chi connectivity index (χ2v) is 21.0. The molecular weight excluding hydrogens is 1190 g/mol. The van der Waals surface area contributed by atoms with Crippen molar-refractivity contribution in [1.29, 1.82) is 0 Å². The zero-order chi connectivity index (χ0) is 67.9. The van der Waals surface area contributed by atoms with Crippen molar-refractivity contribution in [3.05, 3.63) is 65.7 Å². The van der Waals surface area contributed by atoms with E-state index in [0.717, 1.165) is 12.5 Å². The van der Waals surface area contributed by atoms with Crippen LogP contribution in [0.15, 0.2) is 54.6 Å². The first kappa shape index (κ1) is 75.8. The molecule has 0 aliphatic heterocycles. The number of carbonyl (C=O) groups excluding carboxylic acids is 13. The number of nitrogens with two attached hydrogens (primary N) is 5. The summed E-state index contributed by atoms with van der Waals surface area (Å²) >= 11 is 0. The highest BCUT2D eigenvalue weighted by molar-refractivity contribution is 6.01. The number of amides is 13. The molecule has 0 saturated heterocycles. The molecular formula is C55H79N15O20. The van der Waals surface area contributed by atoms with Crippen molar-refractivity contribution in [2.24, 2.45) is 34.6 Å². The number of hydrogen-bond donors (Lipinski definition) is 19. The predicted molar refractivity (Wildman–Crippen MR) is 312 cm³/mol. The van der Waals surface area contributed by atoms with Gasteiger partial charge >= 0.3 is 17.9 Å². The lowest BCUT2D eigenvalue weighted by Gasteiger charge is -2.27. The van der Waals surface area contributed by atoms with Crippen molar-refractivity contribution in [1.82, 2.24) is 53.2 Å². The lowest BCUT2D eigenvalue weighted by Crippen LogP contribution is -2.60. The van der Waals surface area contributed by atoms with Crippen molar-refractivity contribution in [3.63, 3.8) is 0 Å². The summed E-state index contributed by atoms with van der Waals surface area (Å²) in [5.41, 5.74) is 29.0. The van der Waals surface area contributed by atoms with Crippen molar-refractivity contribution in [2.45, 2.75) is 152 Å². The minimum absolute atomic E-state index is 0.0310. The average Bonchev–Trinajstić information content (AvgIpc) is 2.70. The Morgan fingerprint density at radius 3 is 1.40 bits per heavy atom. The van der Waals surface area contributed by atoms with Gasteiger partial charge in [-0.1, -0.05) is 56.3 Å². The first-order chi connectivity index (χ1) is 42.2. The third-order valence-corrected chi connectivity index (χ3v) is 13.1. The van der Waals surface area contributed by atoms with Gasteiger partial charge in [0, 0.05) is 12.8 Å². The van der Waals surface area contributed by atoms with Crippen molar-refractivity contribution in [3.8, 4) is 5.75 Å². The first-order valence-electron chi connectivity index (χ1n) is 28.0. The number of benzene rings is 2. The molecule has 0 bridgehead atoms. The lowest BCUT2D eigenvalue weighted by molar-refractivity contribution is -0.147. The Kier molecular flexibility index (Phi) is 32.1. The quantitative estimate of drug-likeness (QED) is 0.0275. The molecule has 0 unspecified atom stereocenters. The number of aliphatic carboxylic acids is 3. The predicted octanol–water partition coefficient (Wildman–Crippen LogP) is -7.16. The van der Waals surface area contributed by atoms with Crippen LogP contribution in [-0.4, -0.2) is 189 Å². The van der Waals surface area contributed by atoms with Crippen LogP contribution in [-0.2, 0) is 89.6 Å². The van der Waals surface area contributed by atoms with E-state index in [4.69, 9.17) is 33.8 Å². The topological polar surface area (TPSA) is 604 Å². The Balaban J connectivity index is 2.36. The van der Waals surface area contributed by atoms with E-state index in [1.54, 1.807) is 30.3 Å². The maximum Gasteiger partial charge on any atom is 0.326 e. The van der Waals surface area contributed by atoms with Crippen molar-refractivity contribution < 1.29 is 97.1 Å². The monoisotopic (exact) mass is 1270 g/mol. The van der Waals surface area contributed by atoms with Crippen molar-refractivity contribution in [2.75, 3.05) is 13.1 Å². The molecule has 35 nitrogen and oxygen atoms in total. The second-order valence-electron chi connectivity index (χ2n) is 21.0. The number of carboxylic acids is 3. The number of hydrogen-bond acceptors (Lipinski definition) is 19. The van der Waals surface area contributed by atoms with Gasteiger partial charge in [-0.25, -0.2) is 4.79 Å². The van der Waals surface area contributed by atoms with Crippen LogP contribution in [0.2, 0.25) is 0 Å². The van der Waals surface area contributed by atoms with Gasteiger partial charge in [0.05, 0.1) is 38.3 Å². The third-order valence-electron chi connectivity index (χ3n) is 13.1. The smallest absolute Gasteiger partial charge is 0.326 e. The van der Waals surface area contributed by atoms with E-state index >= 15 is 0 Å². The number of nitrogens with one attached hydrogen (secondary N) is 10. The Labute approximate surface area is 514 Å². The molecule has 0 fully saturated rings. The molecule has 0 radical (unpaired) electrons. The van der Waals surface area contributed by atoms with Gasteiger partial charge in [-0.15, -0.1) is 0 Å². The normalized spacial score (nSPS) is 14.2. The van der Waals surface area contributed by atoms with Gasteiger partial charge < -0.3 is 102 Å². The number of phenolic OH excluding ortho intramolecular Hbond substituents is 1. The number of carbonyl (C=O) groups is 16. The first-order valence-corrected chi connectivity index (χ1v) is 28.0. The van der Waals surface area contributed by atoms with Crippen LogP contribution in [0.3, 0.4) is 0 Å². The molecule has 494 valence electrons. The van der Waals surface area contributed by atoms with E-state index in [1.807, 2.05) is 16.0 Å². The molecule has 2 aromatic rings. The molecule has 0 aliphatic rings. The largest absolute Gasteiger partial charge is 0.508 e. The van der Waals surface area contributed by atoms with Crippen LogP contribution in [0.4, 0.5) is 0 Å². The van der Waals surface area contributed by atoms with Gasteiger partial charge in [0.1, 0.15) is 60.1 Å². The molecule has 35 heteroatoms. The van der Waals surface area contributed by atoms with E-state index in [9.17, 15) is 92.0 Å². The Hall–Kier alpha value is -10.3. The number of carboxylic acid groups (broad SMARTS) is 3. The summed E-state index contributed by atoms with van der Waals surface area (Å²) in [6.45, 7) is 3.19. The summed E-state index contributed by atoms with van der Waals surface area (Å²) in [7, 11) is 0. The number of unbranched alkanes of at least 4 members (excludes halogenated alkanes) is 1. The molecule has 0 spiro atoms. The highest BCUT2D eigenvalue weighted by Crippen LogP contribution is 2.14. The van der Waals surface area contributed by atoms with Crippen molar-refractivity contribution >= 4 is 94.7 Å². The summed E-state index contributed by atoms with van der Waals surface area (Å²) in [4.78, 5) is 207. The summed E-state index contributed by atoms with van der Waals surface area (Å²) in [5, 5.41) is 60.3. The molecule has 13 amide bonds. The molecule has 10 atom stereocenters. The average molecular weight is 1270 g/mol. The van der Waals surface area contributed by atoms with Gasteiger partial charge in [-0.2, -0.15) is 0 Å². The molecule has 90 heavy (non-hydrogen) atoms. The van der Waals surface area contributed by atoms with E-state index in [0.29, 0.717) is 18.4 Å². The SMILES string of the molecule is CC(C)[C@H](NC(=O)CNC(=O)[C@H](CC(N)=O)NC(=O)[C@H](CC(=O)O)NC(=O)[C@H](CC(N)=O)NC(=O)[C@H](C)NC(=O)[C@H](Cc1ccc(O)cc1)NC(=O)[C@H](CCC(N)=O)NC(=O)[C@H](CCCCN)NC(=O)[C@@H](N)Cc1ccccc1)C(=O)N[C@@H](CC(=O)O)C(=O)O. The lowest BCUT2D eigenvalue weighted by atomic mass is 10.0. The minimum Gasteiger partial charge on any atom is -0.508 e. The van der Waals surface area contributed by atoms with Crippen LogP contribution in [0.25, 0.3) is 0 Å². The van der Waals surface area contributed by atoms with Crippen LogP contribution in [0.5, 0.6) is 5.75 Å². The van der Waals surface area contributed by atoms with Crippen LogP contribution in [0, 0.1) is 5.92 Å². The van der Waals surface area contributed by atoms with Crippen LogP contribution in [0.1, 0.15) is 89.7 Å². The zero-order valence-corrected chi connectivity index (χ0v) is 49.4. The fraction of sp³-hybridized carbons (Fsp3) is 0.491. The van der Waals surface area contributed by atoms with Gasteiger partial charge in [-0.05, 0) is 74.8 Å². The van der Waals surface area contributed by atoms with E-state index < -0.39 is 206 Å². The van der Waals surface area contributed by atoms with Gasteiger partial charge in [0.15, 0.2) is 0 Å². The fourth-order valence-corrected chi connectivity index (χ4v) is 8.29. The Morgan fingerprint density at radius 1 is 0.444 bits per heavy atom. The maximum absolute atomic E-state index is 14.2. The summed E-state index contributed by atoms with van der Waals surface area (Å²) < 4.78 is 0.